The molecule has 1 aromatic rings. The molecule has 0 bridgehead atoms. The smallest absolute Gasteiger partial charge is 0.293 e. The first-order valence-corrected chi connectivity index (χ1v) is 8.50. The fourth-order valence-electron chi connectivity index (χ4n) is 1.85. The average Bonchev–Trinajstić information content (AvgIpc) is 2.41. The number of hydrogen-bond acceptors (Lipinski definition) is 5. The maximum atomic E-state index is 12.1. The Balaban J connectivity index is 1.96. The van der Waals surface area contributed by atoms with Crippen LogP contribution in [0.5, 0.6) is 0 Å². The molecule has 0 spiro atoms. The minimum Gasteiger partial charge on any atom is -0.364 e. The van der Waals surface area contributed by atoms with E-state index >= 15 is 0 Å². The van der Waals surface area contributed by atoms with E-state index in [1.54, 1.807) is 17.0 Å². The molecule has 100 valence electrons. The van der Waals surface area contributed by atoms with Crippen LogP contribution in [-0.2, 0) is 6.54 Å². The molecule has 1 N–H and O–H groups in total. The lowest BCUT2D eigenvalue weighted by atomic mass is 10.4. The number of hydrogen-bond donors (Lipinski definition) is 1. The van der Waals surface area contributed by atoms with E-state index in [0.717, 1.165) is 25.3 Å². The highest BCUT2D eigenvalue weighted by Crippen LogP contribution is 2.23. The molecule has 2 heterocycles. The second-order valence-electron chi connectivity index (χ2n) is 4.22. The Morgan fingerprint density at radius 2 is 2.44 bits per heavy atom. The van der Waals surface area contributed by atoms with Gasteiger partial charge in [-0.15, -0.1) is 0 Å². The van der Waals surface area contributed by atoms with Crippen molar-refractivity contribution in [3.05, 3.63) is 22.7 Å². The Morgan fingerprint density at radius 3 is 3.17 bits per heavy atom. The second kappa shape index (κ2) is 7.09. The van der Waals surface area contributed by atoms with E-state index in [1.807, 2.05) is 23.5 Å². The predicted molar refractivity (Wildman–Crippen MR) is 80.8 cm³/mol. The maximum Gasteiger partial charge on any atom is 0.293 e. The molecule has 1 fully saturated rings. The number of anilines is 1. The predicted octanol–water partition coefficient (Wildman–Crippen LogP) is 1.91. The Kier molecular flexibility index (Phi) is 5.44. The third-order valence-electron chi connectivity index (χ3n) is 2.76. The van der Waals surface area contributed by atoms with Gasteiger partial charge in [0.1, 0.15) is 0 Å². The van der Waals surface area contributed by atoms with Crippen molar-refractivity contribution in [3.63, 3.8) is 0 Å². The van der Waals surface area contributed by atoms with Crippen LogP contribution >= 0.6 is 23.5 Å². The number of nitrogens with one attached hydrogen (secondary N) is 1. The van der Waals surface area contributed by atoms with E-state index in [-0.39, 0.29) is 5.56 Å². The average molecular weight is 285 g/mol. The molecular weight excluding hydrogens is 266 g/mol. The number of thioether (sulfide) groups is 2. The van der Waals surface area contributed by atoms with Gasteiger partial charge in [-0.25, -0.2) is 4.98 Å². The molecule has 4 nitrogen and oxygen atoms in total. The first-order chi connectivity index (χ1) is 8.81. The first kappa shape index (κ1) is 13.8. The third kappa shape index (κ3) is 3.68. The largest absolute Gasteiger partial charge is 0.364 e. The molecule has 2 rings (SSSR count). The van der Waals surface area contributed by atoms with Crippen molar-refractivity contribution in [2.75, 3.05) is 29.1 Å². The zero-order valence-electron chi connectivity index (χ0n) is 10.6. The van der Waals surface area contributed by atoms with Crippen molar-refractivity contribution in [1.29, 1.82) is 0 Å². The normalized spacial score (nSPS) is 19.7. The third-order valence-corrected chi connectivity index (χ3v) is 5.61. The van der Waals surface area contributed by atoms with Crippen LogP contribution in [0.25, 0.3) is 0 Å². The maximum absolute atomic E-state index is 12.1. The van der Waals surface area contributed by atoms with Gasteiger partial charge in [-0.1, -0.05) is 6.92 Å². The van der Waals surface area contributed by atoms with Crippen LogP contribution in [0, 0.1) is 0 Å². The SMILES string of the molecule is CCCn1ccnc(NCC2CSCCS2)c1=O. The van der Waals surface area contributed by atoms with Crippen molar-refractivity contribution in [1.82, 2.24) is 9.55 Å². The molecular formula is C12H19N3OS2. The summed E-state index contributed by atoms with van der Waals surface area (Å²) in [5.74, 6) is 4.10. The Morgan fingerprint density at radius 1 is 1.56 bits per heavy atom. The van der Waals surface area contributed by atoms with Gasteiger partial charge in [0.15, 0.2) is 5.82 Å². The van der Waals surface area contributed by atoms with Crippen LogP contribution in [0.2, 0.25) is 0 Å². The summed E-state index contributed by atoms with van der Waals surface area (Å²) in [4.78, 5) is 16.2. The summed E-state index contributed by atoms with van der Waals surface area (Å²) in [6, 6.07) is 0. The van der Waals surface area contributed by atoms with E-state index in [9.17, 15) is 4.79 Å². The highest BCUT2D eigenvalue weighted by Gasteiger charge is 2.14. The minimum atomic E-state index is -0.00666. The van der Waals surface area contributed by atoms with Crippen LogP contribution in [0.1, 0.15) is 13.3 Å². The molecule has 1 aliphatic heterocycles. The lowest BCUT2D eigenvalue weighted by Crippen LogP contribution is -2.29. The highest BCUT2D eigenvalue weighted by atomic mass is 32.2. The fourth-order valence-corrected chi connectivity index (χ4v) is 4.46. The molecule has 18 heavy (non-hydrogen) atoms. The van der Waals surface area contributed by atoms with Gasteiger partial charge >= 0.3 is 0 Å². The van der Waals surface area contributed by atoms with E-state index in [1.165, 1.54) is 11.5 Å². The van der Waals surface area contributed by atoms with Gasteiger partial charge in [0.25, 0.3) is 5.56 Å². The molecule has 1 aliphatic rings. The quantitative estimate of drug-likeness (QED) is 0.895. The van der Waals surface area contributed by atoms with Crippen molar-refractivity contribution in [2.24, 2.45) is 0 Å². The van der Waals surface area contributed by atoms with Gasteiger partial charge in [0, 0.05) is 48.0 Å². The van der Waals surface area contributed by atoms with Gasteiger partial charge in [0.05, 0.1) is 0 Å². The Hall–Kier alpha value is -0.620. The van der Waals surface area contributed by atoms with E-state index in [0.29, 0.717) is 11.1 Å². The van der Waals surface area contributed by atoms with Crippen LogP contribution in [0.4, 0.5) is 5.82 Å². The molecule has 6 heteroatoms. The zero-order valence-corrected chi connectivity index (χ0v) is 12.2. The van der Waals surface area contributed by atoms with Gasteiger partial charge in [-0.05, 0) is 6.42 Å². The number of aromatic nitrogens is 2. The molecule has 0 aromatic carbocycles. The topological polar surface area (TPSA) is 46.9 Å². The summed E-state index contributed by atoms with van der Waals surface area (Å²) in [6.45, 7) is 3.65. The summed E-state index contributed by atoms with van der Waals surface area (Å²) < 4.78 is 1.72. The van der Waals surface area contributed by atoms with Gasteiger partial charge in [-0.3, -0.25) is 4.79 Å². The van der Waals surface area contributed by atoms with Crippen LogP contribution < -0.4 is 10.9 Å². The molecule has 0 aliphatic carbocycles. The first-order valence-electron chi connectivity index (χ1n) is 6.30. The summed E-state index contributed by atoms with van der Waals surface area (Å²) in [7, 11) is 0. The molecule has 1 unspecified atom stereocenters. The molecule has 1 atom stereocenters. The highest BCUT2D eigenvalue weighted by molar-refractivity contribution is 8.06. The lowest BCUT2D eigenvalue weighted by Gasteiger charge is -2.21. The fraction of sp³-hybridized carbons (Fsp3) is 0.667. The van der Waals surface area contributed by atoms with Crippen molar-refractivity contribution >= 4 is 29.3 Å². The monoisotopic (exact) mass is 285 g/mol. The Bertz CT molecular complexity index is 430. The van der Waals surface area contributed by atoms with Gasteiger partial charge in [-0.2, -0.15) is 23.5 Å². The molecule has 0 saturated carbocycles. The number of rotatable bonds is 5. The van der Waals surface area contributed by atoms with E-state index < -0.39 is 0 Å². The number of nitrogens with zero attached hydrogens (tertiary/aromatic N) is 2. The molecule has 1 saturated heterocycles. The van der Waals surface area contributed by atoms with Crippen LogP contribution in [0.3, 0.4) is 0 Å². The van der Waals surface area contributed by atoms with E-state index in [4.69, 9.17) is 0 Å². The second-order valence-corrected chi connectivity index (χ2v) is 6.78. The van der Waals surface area contributed by atoms with Crippen LogP contribution in [-0.4, -0.2) is 38.6 Å². The molecule has 1 aromatic heterocycles. The molecule has 0 radical (unpaired) electrons. The van der Waals surface area contributed by atoms with Crippen molar-refractivity contribution in [3.8, 4) is 0 Å². The standard InChI is InChI=1S/C12H19N3OS2/c1-2-4-15-5-3-13-11(12(15)16)14-8-10-9-17-6-7-18-10/h3,5,10H,2,4,6-9H2,1H3,(H,13,14). The van der Waals surface area contributed by atoms with Crippen molar-refractivity contribution < 1.29 is 0 Å². The summed E-state index contributed by atoms with van der Waals surface area (Å²) >= 11 is 3.97. The van der Waals surface area contributed by atoms with Crippen molar-refractivity contribution in [2.45, 2.75) is 25.1 Å². The minimum absolute atomic E-state index is 0.00666. The molecule has 0 amide bonds. The van der Waals surface area contributed by atoms with Gasteiger partial charge in [0.2, 0.25) is 0 Å². The summed E-state index contributed by atoms with van der Waals surface area (Å²) in [5, 5.41) is 3.79. The van der Waals surface area contributed by atoms with Crippen LogP contribution in [0.15, 0.2) is 17.2 Å². The summed E-state index contributed by atoms with van der Waals surface area (Å²) in [5.41, 5.74) is -0.00666. The zero-order chi connectivity index (χ0) is 12.8. The van der Waals surface area contributed by atoms with Gasteiger partial charge < -0.3 is 9.88 Å². The summed E-state index contributed by atoms with van der Waals surface area (Å²) in [6.07, 6.45) is 4.41. The Labute approximate surface area is 116 Å². The van der Waals surface area contributed by atoms with E-state index in [2.05, 4.69) is 17.2 Å². The lowest BCUT2D eigenvalue weighted by molar-refractivity contribution is 0.649. The number of aryl methyl sites for hydroxylation is 1.